The Bertz CT molecular complexity index is 925. The van der Waals surface area contributed by atoms with Gasteiger partial charge in [0.25, 0.3) is 0 Å². The highest BCUT2D eigenvalue weighted by Crippen LogP contribution is 2.40. The number of benzene rings is 1. The zero-order valence-electron chi connectivity index (χ0n) is 20.0. The molecule has 1 saturated carbocycles. The van der Waals surface area contributed by atoms with Crippen molar-refractivity contribution in [2.24, 2.45) is 5.92 Å². The molecule has 0 bridgehead atoms. The molecule has 3 rings (SSSR count). The molecule has 1 atom stereocenters. The van der Waals surface area contributed by atoms with E-state index in [0.717, 1.165) is 49.0 Å². The van der Waals surface area contributed by atoms with Crippen molar-refractivity contribution in [1.29, 1.82) is 0 Å². The van der Waals surface area contributed by atoms with Gasteiger partial charge in [0.1, 0.15) is 5.82 Å². The molecule has 0 spiro atoms. The molecule has 1 aliphatic carbocycles. The summed E-state index contributed by atoms with van der Waals surface area (Å²) >= 11 is 6.01. The van der Waals surface area contributed by atoms with E-state index in [2.05, 4.69) is 35.5 Å². The van der Waals surface area contributed by atoms with Gasteiger partial charge in [-0.15, -0.1) is 0 Å². The van der Waals surface area contributed by atoms with E-state index in [1.807, 2.05) is 25.1 Å². The zero-order chi connectivity index (χ0) is 24.0. The second-order valence-electron chi connectivity index (χ2n) is 9.73. The third kappa shape index (κ3) is 7.08. The standard InChI is InChI=1S/C26H36ClN3O3/c1-17(2)15-26(11-9-21(33-4)10-12-26)30-22-7-5-19(18(3)13-25(31)32)14-23(22)29-24-8-6-20(27)16-28-24/h5-8,14,16-18,21,30H,9-13,15H2,1-4H3,(H,28,29)(H,31,32)/t18-,21?,26?/m1/s1. The number of anilines is 3. The number of carboxylic acids is 1. The van der Waals surface area contributed by atoms with Gasteiger partial charge in [0, 0.05) is 18.8 Å². The van der Waals surface area contributed by atoms with Crippen molar-refractivity contribution < 1.29 is 14.6 Å². The first-order valence-corrected chi connectivity index (χ1v) is 12.1. The maximum absolute atomic E-state index is 11.3. The Kier molecular flexibility index (Phi) is 8.60. The van der Waals surface area contributed by atoms with Crippen LogP contribution >= 0.6 is 11.6 Å². The Morgan fingerprint density at radius 3 is 2.52 bits per heavy atom. The molecule has 0 saturated heterocycles. The third-order valence-electron chi connectivity index (χ3n) is 6.51. The summed E-state index contributed by atoms with van der Waals surface area (Å²) in [7, 11) is 1.80. The number of carbonyl (C=O) groups is 1. The lowest BCUT2D eigenvalue weighted by atomic mass is 9.75. The van der Waals surface area contributed by atoms with E-state index in [4.69, 9.17) is 16.3 Å². The largest absolute Gasteiger partial charge is 0.481 e. The maximum atomic E-state index is 11.3. The van der Waals surface area contributed by atoms with Crippen LogP contribution in [0.1, 0.15) is 70.8 Å². The third-order valence-corrected chi connectivity index (χ3v) is 6.73. The Labute approximate surface area is 202 Å². The zero-order valence-corrected chi connectivity index (χ0v) is 20.8. The summed E-state index contributed by atoms with van der Waals surface area (Å²) in [5, 5.41) is 17.1. The first kappa shape index (κ1) is 25.3. The number of nitrogens with one attached hydrogen (secondary N) is 2. The fourth-order valence-electron chi connectivity index (χ4n) is 4.88. The molecule has 2 aromatic rings. The van der Waals surface area contributed by atoms with E-state index in [1.54, 1.807) is 19.4 Å². The molecule has 1 fully saturated rings. The average molecular weight is 474 g/mol. The minimum atomic E-state index is -0.802. The molecule has 0 radical (unpaired) electrons. The second-order valence-corrected chi connectivity index (χ2v) is 10.2. The maximum Gasteiger partial charge on any atom is 0.303 e. The highest BCUT2D eigenvalue weighted by molar-refractivity contribution is 6.30. The van der Waals surface area contributed by atoms with Crippen LogP contribution in [0.4, 0.5) is 17.2 Å². The molecule has 1 aromatic carbocycles. The Morgan fingerprint density at radius 2 is 1.94 bits per heavy atom. The van der Waals surface area contributed by atoms with Crippen LogP contribution in [0.25, 0.3) is 0 Å². The van der Waals surface area contributed by atoms with E-state index in [1.165, 1.54) is 0 Å². The number of hydrogen-bond donors (Lipinski definition) is 3. The number of ether oxygens (including phenoxy) is 1. The van der Waals surface area contributed by atoms with Crippen molar-refractivity contribution in [3.05, 3.63) is 47.1 Å². The van der Waals surface area contributed by atoms with Crippen LogP contribution in [0, 0.1) is 5.92 Å². The summed E-state index contributed by atoms with van der Waals surface area (Å²) in [4.78, 5) is 15.6. The number of methoxy groups -OCH3 is 1. The summed E-state index contributed by atoms with van der Waals surface area (Å²) in [6.45, 7) is 6.46. The lowest BCUT2D eigenvalue weighted by Crippen LogP contribution is -2.44. The molecule has 3 N–H and O–H groups in total. The fourth-order valence-corrected chi connectivity index (χ4v) is 4.99. The van der Waals surface area contributed by atoms with Gasteiger partial charge in [-0.3, -0.25) is 4.79 Å². The van der Waals surface area contributed by atoms with E-state index in [0.29, 0.717) is 22.9 Å². The Morgan fingerprint density at radius 1 is 1.21 bits per heavy atom. The predicted molar refractivity (Wildman–Crippen MR) is 135 cm³/mol. The second kappa shape index (κ2) is 11.2. The first-order chi connectivity index (χ1) is 15.7. The SMILES string of the molecule is COC1CCC(CC(C)C)(Nc2ccc([C@H](C)CC(=O)O)cc2Nc2ccc(Cl)cn2)CC1. The highest BCUT2D eigenvalue weighted by atomic mass is 35.5. The minimum absolute atomic E-state index is 0.0127. The van der Waals surface area contributed by atoms with Crippen molar-refractivity contribution in [1.82, 2.24) is 4.98 Å². The van der Waals surface area contributed by atoms with Crippen LogP contribution < -0.4 is 10.6 Å². The molecular formula is C26H36ClN3O3. The number of halogens is 1. The van der Waals surface area contributed by atoms with E-state index in [9.17, 15) is 9.90 Å². The van der Waals surface area contributed by atoms with Crippen molar-refractivity contribution in [3.63, 3.8) is 0 Å². The number of aromatic nitrogens is 1. The molecular weight excluding hydrogens is 438 g/mol. The molecule has 1 aromatic heterocycles. The number of hydrogen-bond acceptors (Lipinski definition) is 5. The van der Waals surface area contributed by atoms with Gasteiger partial charge in [0.2, 0.25) is 0 Å². The number of pyridine rings is 1. The smallest absolute Gasteiger partial charge is 0.303 e. The molecule has 0 aliphatic heterocycles. The highest BCUT2D eigenvalue weighted by Gasteiger charge is 2.36. The van der Waals surface area contributed by atoms with Crippen LogP contribution in [0.15, 0.2) is 36.5 Å². The van der Waals surface area contributed by atoms with Crippen LogP contribution in [-0.4, -0.2) is 34.8 Å². The fraction of sp³-hybridized carbons (Fsp3) is 0.538. The monoisotopic (exact) mass is 473 g/mol. The first-order valence-electron chi connectivity index (χ1n) is 11.7. The number of nitrogens with zero attached hydrogens (tertiary/aromatic N) is 1. The Balaban J connectivity index is 1.93. The number of rotatable bonds is 10. The van der Waals surface area contributed by atoms with Crippen molar-refractivity contribution in [3.8, 4) is 0 Å². The molecule has 180 valence electrons. The Hall–Kier alpha value is -2.31. The predicted octanol–water partition coefficient (Wildman–Crippen LogP) is 6.84. The lowest BCUT2D eigenvalue weighted by Gasteiger charge is -2.43. The van der Waals surface area contributed by atoms with Crippen LogP contribution in [0.5, 0.6) is 0 Å². The number of carboxylic acid groups (broad SMARTS) is 1. The van der Waals surface area contributed by atoms with Gasteiger partial charge >= 0.3 is 5.97 Å². The van der Waals surface area contributed by atoms with Gasteiger partial charge in [-0.25, -0.2) is 4.98 Å². The van der Waals surface area contributed by atoms with E-state index in [-0.39, 0.29) is 17.9 Å². The molecule has 1 aliphatic rings. The van der Waals surface area contributed by atoms with Crippen molar-refractivity contribution in [2.75, 3.05) is 17.7 Å². The van der Waals surface area contributed by atoms with Gasteiger partial charge in [0.15, 0.2) is 0 Å². The lowest BCUT2D eigenvalue weighted by molar-refractivity contribution is -0.137. The van der Waals surface area contributed by atoms with Gasteiger partial charge < -0.3 is 20.5 Å². The van der Waals surface area contributed by atoms with Gasteiger partial charge in [-0.1, -0.05) is 38.4 Å². The molecule has 6 nitrogen and oxygen atoms in total. The minimum Gasteiger partial charge on any atom is -0.481 e. The van der Waals surface area contributed by atoms with Crippen LogP contribution in [-0.2, 0) is 9.53 Å². The van der Waals surface area contributed by atoms with E-state index >= 15 is 0 Å². The van der Waals surface area contributed by atoms with Gasteiger partial charge in [0.05, 0.1) is 28.9 Å². The van der Waals surface area contributed by atoms with Crippen LogP contribution in [0.2, 0.25) is 5.02 Å². The summed E-state index contributed by atoms with van der Waals surface area (Å²) in [5.41, 5.74) is 2.84. The summed E-state index contributed by atoms with van der Waals surface area (Å²) in [6.07, 6.45) is 7.23. The summed E-state index contributed by atoms with van der Waals surface area (Å²) in [6, 6.07) is 9.77. The molecule has 0 amide bonds. The van der Waals surface area contributed by atoms with Crippen molar-refractivity contribution >= 4 is 34.8 Å². The van der Waals surface area contributed by atoms with E-state index < -0.39 is 5.97 Å². The molecule has 33 heavy (non-hydrogen) atoms. The quantitative estimate of drug-likeness (QED) is 0.350. The summed E-state index contributed by atoms with van der Waals surface area (Å²) in [5.74, 6) is 0.341. The van der Waals surface area contributed by atoms with Crippen molar-refractivity contribution in [2.45, 2.75) is 76.9 Å². The molecule has 7 heteroatoms. The normalized spacial score (nSPS) is 21.6. The van der Waals surface area contributed by atoms with Gasteiger partial charge in [-0.05, 0) is 73.8 Å². The van der Waals surface area contributed by atoms with Crippen LogP contribution in [0.3, 0.4) is 0 Å². The summed E-state index contributed by atoms with van der Waals surface area (Å²) < 4.78 is 5.62. The molecule has 1 heterocycles. The topological polar surface area (TPSA) is 83.5 Å². The van der Waals surface area contributed by atoms with Gasteiger partial charge in [-0.2, -0.15) is 0 Å². The average Bonchev–Trinajstić information content (AvgIpc) is 2.76. The molecule has 0 unspecified atom stereocenters. The number of aliphatic carboxylic acids is 1.